The molecule has 166 valence electrons. The molecule has 4 rings (SSSR count). The van der Waals surface area contributed by atoms with Gasteiger partial charge in [0, 0.05) is 23.1 Å². The van der Waals surface area contributed by atoms with Gasteiger partial charge < -0.3 is 10.1 Å². The number of halogens is 4. The highest BCUT2D eigenvalue weighted by atomic mass is 32.1. The van der Waals surface area contributed by atoms with Crippen molar-refractivity contribution in [3.63, 3.8) is 0 Å². The highest BCUT2D eigenvalue weighted by molar-refractivity contribution is 7.18. The molecule has 0 saturated carbocycles. The Labute approximate surface area is 187 Å². The predicted molar refractivity (Wildman–Crippen MR) is 115 cm³/mol. The third-order valence-electron chi connectivity index (χ3n) is 4.65. The number of hydrogen-bond donors (Lipinski definition) is 1. The molecule has 4 aromatic rings. The van der Waals surface area contributed by atoms with Gasteiger partial charge >= 0.3 is 6.18 Å². The lowest BCUT2D eigenvalue weighted by Gasteiger charge is -2.08. The highest BCUT2D eigenvalue weighted by Gasteiger charge is 2.33. The van der Waals surface area contributed by atoms with Crippen molar-refractivity contribution in [2.45, 2.75) is 19.5 Å². The van der Waals surface area contributed by atoms with Gasteiger partial charge in [0.15, 0.2) is 11.6 Å². The van der Waals surface area contributed by atoms with Crippen LogP contribution in [0.2, 0.25) is 0 Å². The van der Waals surface area contributed by atoms with Gasteiger partial charge in [-0.3, -0.25) is 4.79 Å². The first-order valence-electron chi connectivity index (χ1n) is 9.23. The molecule has 0 radical (unpaired) electrons. The van der Waals surface area contributed by atoms with Crippen LogP contribution in [0.3, 0.4) is 0 Å². The Hall–Kier alpha value is -3.05. The van der Waals surface area contributed by atoms with E-state index in [1.807, 2.05) is 0 Å². The molecule has 1 amide bonds. The molecule has 0 fully saturated rings. The van der Waals surface area contributed by atoms with Crippen LogP contribution in [-0.2, 0) is 12.6 Å². The Bertz CT molecular complexity index is 1310. The van der Waals surface area contributed by atoms with Crippen molar-refractivity contribution >= 4 is 44.7 Å². The average Bonchev–Trinajstić information content (AvgIpc) is 3.30. The van der Waals surface area contributed by atoms with Crippen LogP contribution >= 0.6 is 22.9 Å². The summed E-state index contributed by atoms with van der Waals surface area (Å²) in [6.45, 7) is 1.66. The van der Waals surface area contributed by atoms with Crippen molar-refractivity contribution in [2.24, 2.45) is 0 Å². The molecule has 32 heavy (non-hydrogen) atoms. The number of thiazole rings is 1. The number of carbonyl (C=O) groups is 1. The Morgan fingerprint density at radius 3 is 2.69 bits per heavy atom. The Morgan fingerprint density at radius 1 is 1.22 bits per heavy atom. The number of amides is 1. The van der Waals surface area contributed by atoms with E-state index in [9.17, 15) is 22.4 Å². The summed E-state index contributed by atoms with van der Waals surface area (Å²) in [5.74, 6) is -1.07. The fraction of sp³-hybridized carbons (Fsp3) is 0.190. The van der Waals surface area contributed by atoms with E-state index in [1.54, 1.807) is 13.0 Å². The second-order valence-corrected chi connectivity index (χ2v) is 8.78. The molecular weight excluding hydrogens is 466 g/mol. The number of alkyl halides is 3. The Morgan fingerprint density at radius 2 is 2.00 bits per heavy atom. The molecule has 0 saturated heterocycles. The quantitative estimate of drug-likeness (QED) is 0.352. The molecule has 2 aromatic heterocycles. The first-order valence-corrected chi connectivity index (χ1v) is 10.8. The second kappa shape index (κ2) is 8.47. The van der Waals surface area contributed by atoms with E-state index in [0.29, 0.717) is 25.8 Å². The fourth-order valence-corrected chi connectivity index (χ4v) is 5.17. The van der Waals surface area contributed by atoms with Gasteiger partial charge in [-0.15, -0.1) is 11.3 Å². The van der Waals surface area contributed by atoms with Gasteiger partial charge in [-0.2, -0.15) is 17.5 Å². The highest BCUT2D eigenvalue weighted by Crippen LogP contribution is 2.37. The van der Waals surface area contributed by atoms with Crippen molar-refractivity contribution in [3.05, 3.63) is 68.9 Å². The van der Waals surface area contributed by atoms with Crippen LogP contribution in [0.1, 0.15) is 31.5 Å². The molecule has 5 nitrogen and oxygen atoms in total. The molecule has 0 aliphatic heterocycles. The van der Waals surface area contributed by atoms with Gasteiger partial charge in [0.2, 0.25) is 0 Å². The van der Waals surface area contributed by atoms with Crippen molar-refractivity contribution < 1.29 is 27.1 Å². The van der Waals surface area contributed by atoms with Crippen LogP contribution in [0.25, 0.3) is 10.2 Å². The zero-order chi connectivity index (χ0) is 23.0. The molecular formula is C21H15F4N3O2S2. The lowest BCUT2D eigenvalue weighted by Crippen LogP contribution is -2.14. The van der Waals surface area contributed by atoms with E-state index in [-0.39, 0.29) is 23.4 Å². The first-order chi connectivity index (χ1) is 15.2. The SMILES string of the molecule is COc1ccc(NC(=O)c2c(C)nsc2Cc2nc3c(C(F)(F)F)cccc3s2)cc1F. The molecule has 0 aliphatic rings. The molecule has 2 heterocycles. The van der Waals surface area contributed by atoms with Gasteiger partial charge in [-0.1, -0.05) is 6.07 Å². The van der Waals surface area contributed by atoms with Gasteiger partial charge in [-0.05, 0) is 42.7 Å². The summed E-state index contributed by atoms with van der Waals surface area (Å²) in [7, 11) is 1.34. The number of aryl methyl sites for hydroxylation is 1. The molecule has 0 atom stereocenters. The summed E-state index contributed by atoms with van der Waals surface area (Å²) >= 11 is 2.21. The van der Waals surface area contributed by atoms with E-state index < -0.39 is 23.5 Å². The summed E-state index contributed by atoms with van der Waals surface area (Å²) in [6.07, 6.45) is -4.35. The first kappa shape index (κ1) is 22.2. The zero-order valence-corrected chi connectivity index (χ0v) is 18.3. The van der Waals surface area contributed by atoms with Gasteiger partial charge in [0.05, 0.1) is 39.2 Å². The van der Waals surface area contributed by atoms with Crippen LogP contribution in [0.15, 0.2) is 36.4 Å². The minimum atomic E-state index is -4.51. The third kappa shape index (κ3) is 4.30. The number of aromatic nitrogens is 2. The predicted octanol–water partition coefficient (Wildman–Crippen LogP) is 6.07. The smallest absolute Gasteiger partial charge is 0.418 e. The minimum absolute atomic E-state index is 0.0473. The third-order valence-corrected chi connectivity index (χ3v) is 6.61. The summed E-state index contributed by atoms with van der Waals surface area (Å²) in [5, 5.41) is 3.06. The van der Waals surface area contributed by atoms with Crippen LogP contribution in [-0.4, -0.2) is 22.4 Å². The summed E-state index contributed by atoms with van der Waals surface area (Å²) in [6, 6.07) is 7.95. The number of fused-ring (bicyclic) bond motifs is 1. The number of anilines is 1. The summed E-state index contributed by atoms with van der Waals surface area (Å²) in [5.41, 5.74) is 0.0909. The zero-order valence-electron chi connectivity index (χ0n) is 16.7. The fourth-order valence-electron chi connectivity index (χ4n) is 3.20. The summed E-state index contributed by atoms with van der Waals surface area (Å²) < 4.78 is 63.3. The maximum Gasteiger partial charge on any atom is 0.418 e. The van der Waals surface area contributed by atoms with Crippen molar-refractivity contribution in [3.8, 4) is 5.75 Å². The number of rotatable bonds is 5. The number of ether oxygens (including phenoxy) is 1. The van der Waals surface area contributed by atoms with E-state index >= 15 is 0 Å². The number of carbonyl (C=O) groups excluding carboxylic acids is 1. The molecule has 0 spiro atoms. The lowest BCUT2D eigenvalue weighted by atomic mass is 10.1. The number of hydrogen-bond acceptors (Lipinski definition) is 6. The molecule has 11 heteroatoms. The molecule has 0 aliphatic carbocycles. The standard InChI is InChI=1S/C21H15F4N3O2S2/c1-10-18(20(29)26-11-6-7-14(30-2)13(22)8-11)16(32-28-10)9-17-27-19-12(21(23,24)25)4-3-5-15(19)31-17/h3-8H,9H2,1-2H3,(H,26,29). The summed E-state index contributed by atoms with van der Waals surface area (Å²) in [4.78, 5) is 17.6. The van der Waals surface area contributed by atoms with Crippen LogP contribution in [0, 0.1) is 12.7 Å². The largest absolute Gasteiger partial charge is 0.494 e. The Kier molecular flexibility index (Phi) is 5.87. The maximum atomic E-state index is 13.9. The number of para-hydroxylation sites is 1. The normalized spacial score (nSPS) is 11.7. The van der Waals surface area contributed by atoms with Crippen molar-refractivity contribution in [1.29, 1.82) is 0 Å². The van der Waals surface area contributed by atoms with Crippen molar-refractivity contribution in [1.82, 2.24) is 9.36 Å². The van der Waals surface area contributed by atoms with Crippen LogP contribution < -0.4 is 10.1 Å². The van der Waals surface area contributed by atoms with E-state index in [4.69, 9.17) is 4.74 Å². The van der Waals surface area contributed by atoms with E-state index in [1.165, 1.54) is 25.3 Å². The van der Waals surface area contributed by atoms with E-state index in [0.717, 1.165) is 35.0 Å². The lowest BCUT2D eigenvalue weighted by molar-refractivity contribution is -0.136. The van der Waals surface area contributed by atoms with Gasteiger partial charge in [0.25, 0.3) is 5.91 Å². The van der Waals surface area contributed by atoms with Gasteiger partial charge in [0.1, 0.15) is 0 Å². The topological polar surface area (TPSA) is 64.1 Å². The number of nitrogens with one attached hydrogen (secondary N) is 1. The molecule has 0 bridgehead atoms. The average molecular weight is 481 g/mol. The molecule has 0 unspecified atom stereocenters. The van der Waals surface area contributed by atoms with Gasteiger partial charge in [-0.25, -0.2) is 9.37 Å². The second-order valence-electron chi connectivity index (χ2n) is 6.80. The molecule has 2 aromatic carbocycles. The van der Waals surface area contributed by atoms with E-state index in [2.05, 4.69) is 14.7 Å². The Balaban J connectivity index is 1.62. The monoisotopic (exact) mass is 481 g/mol. The van der Waals surface area contributed by atoms with Crippen LogP contribution in [0.5, 0.6) is 5.75 Å². The number of nitrogens with zero attached hydrogens (tertiary/aromatic N) is 2. The number of benzene rings is 2. The van der Waals surface area contributed by atoms with Crippen molar-refractivity contribution in [2.75, 3.05) is 12.4 Å². The maximum absolute atomic E-state index is 13.9. The van der Waals surface area contributed by atoms with Crippen LogP contribution in [0.4, 0.5) is 23.2 Å². The molecule has 1 N–H and O–H groups in total. The number of methoxy groups -OCH3 is 1. The minimum Gasteiger partial charge on any atom is -0.494 e.